The van der Waals surface area contributed by atoms with E-state index in [1.807, 2.05) is 30.3 Å². The molecule has 0 aromatic heterocycles. The summed E-state index contributed by atoms with van der Waals surface area (Å²) in [6, 6.07) is 18.7. The van der Waals surface area contributed by atoms with Crippen molar-refractivity contribution in [2.75, 3.05) is 13.7 Å². The first kappa shape index (κ1) is 26.7. The van der Waals surface area contributed by atoms with Crippen LogP contribution < -0.4 is 14.8 Å². The van der Waals surface area contributed by atoms with Gasteiger partial charge in [-0.15, -0.1) is 0 Å². The monoisotopic (exact) mass is 505 g/mol. The van der Waals surface area contributed by atoms with Crippen LogP contribution in [0.5, 0.6) is 11.5 Å². The molecule has 3 aromatic carbocycles. The molecule has 37 heavy (non-hydrogen) atoms. The topological polar surface area (TPSA) is 56.8 Å². The van der Waals surface area contributed by atoms with Crippen molar-refractivity contribution in [2.45, 2.75) is 64.8 Å². The maximum atomic E-state index is 14.0. The lowest BCUT2D eigenvalue weighted by molar-refractivity contribution is -0.118. The van der Waals surface area contributed by atoms with Crippen molar-refractivity contribution < 1.29 is 23.4 Å². The van der Waals surface area contributed by atoms with E-state index in [1.54, 1.807) is 13.2 Å². The van der Waals surface area contributed by atoms with Crippen molar-refractivity contribution >= 4 is 5.91 Å². The Balaban J connectivity index is 1.36. The van der Waals surface area contributed by atoms with Crippen molar-refractivity contribution in [3.63, 3.8) is 0 Å². The highest BCUT2D eigenvalue weighted by Crippen LogP contribution is 2.32. The smallest absolute Gasteiger partial charge is 0.216 e. The second-order valence-electron chi connectivity index (χ2n) is 9.71. The van der Waals surface area contributed by atoms with Crippen LogP contribution in [0.1, 0.15) is 49.3 Å². The Labute approximate surface area is 219 Å². The Morgan fingerprint density at radius 3 is 2.46 bits per heavy atom. The maximum Gasteiger partial charge on any atom is 0.216 e. The molecular formula is C31H36FNO4. The molecule has 3 aromatic rings. The third kappa shape index (κ3) is 7.56. The molecule has 0 aliphatic heterocycles. The summed E-state index contributed by atoms with van der Waals surface area (Å²) in [5, 5.41) is 2.83. The number of amides is 1. The van der Waals surface area contributed by atoms with Gasteiger partial charge in [0.25, 0.3) is 0 Å². The quantitative estimate of drug-likeness (QED) is 0.347. The Morgan fingerprint density at radius 1 is 0.973 bits per heavy atom. The maximum absolute atomic E-state index is 14.0. The number of nitrogens with one attached hydrogen (secondary N) is 1. The fourth-order valence-electron chi connectivity index (χ4n) is 4.83. The number of hydrogen-bond donors (Lipinski definition) is 1. The molecule has 1 fully saturated rings. The minimum atomic E-state index is -0.279. The van der Waals surface area contributed by atoms with E-state index < -0.39 is 0 Å². The summed E-state index contributed by atoms with van der Waals surface area (Å²) in [6.07, 6.45) is 4.66. The SMILES string of the molecule is COc1cc(C)ccc1COC1CCC(Oc2ccc(CCNC(C)=O)c(-c3cccc(F)c3)c2)CC1. The number of halogens is 1. The van der Waals surface area contributed by atoms with Crippen molar-refractivity contribution in [1.82, 2.24) is 5.32 Å². The van der Waals surface area contributed by atoms with Gasteiger partial charge in [-0.05, 0) is 91.6 Å². The minimum Gasteiger partial charge on any atom is -0.496 e. The number of rotatable bonds is 10. The number of ether oxygens (including phenoxy) is 3. The number of benzene rings is 3. The molecule has 1 N–H and O–H groups in total. The zero-order valence-electron chi connectivity index (χ0n) is 21.9. The van der Waals surface area contributed by atoms with Gasteiger partial charge >= 0.3 is 0 Å². The summed E-state index contributed by atoms with van der Waals surface area (Å²) in [5.74, 6) is 1.30. The molecule has 4 rings (SSSR count). The summed E-state index contributed by atoms with van der Waals surface area (Å²) in [5.41, 5.74) is 4.99. The average molecular weight is 506 g/mol. The number of aryl methyl sites for hydroxylation is 1. The van der Waals surface area contributed by atoms with Gasteiger partial charge in [0.2, 0.25) is 5.91 Å². The van der Waals surface area contributed by atoms with Gasteiger partial charge in [0.05, 0.1) is 25.9 Å². The van der Waals surface area contributed by atoms with Gasteiger partial charge in [-0.25, -0.2) is 4.39 Å². The van der Waals surface area contributed by atoms with Crippen LogP contribution in [-0.4, -0.2) is 31.8 Å². The fourth-order valence-corrected chi connectivity index (χ4v) is 4.83. The molecular weight excluding hydrogens is 469 g/mol. The minimum absolute atomic E-state index is 0.0650. The lowest BCUT2D eigenvalue weighted by atomic mass is 9.94. The second kappa shape index (κ2) is 12.7. The molecule has 0 spiro atoms. The third-order valence-electron chi connectivity index (χ3n) is 6.83. The predicted molar refractivity (Wildman–Crippen MR) is 143 cm³/mol. The molecule has 1 aliphatic carbocycles. The standard InChI is InChI=1S/C31H36FNO4/c1-21-7-8-25(31(17-21)35-3)20-36-27-11-13-28(14-12-27)37-29-10-9-23(15-16-33-22(2)34)30(19-29)24-5-4-6-26(32)18-24/h4-10,17-19,27-28H,11-16,20H2,1-3H3,(H,33,34). The van der Waals surface area contributed by atoms with Gasteiger partial charge in [0, 0.05) is 19.0 Å². The molecule has 0 heterocycles. The first-order valence-corrected chi connectivity index (χ1v) is 13.0. The highest BCUT2D eigenvalue weighted by molar-refractivity contribution is 5.73. The van der Waals surface area contributed by atoms with Gasteiger partial charge in [-0.3, -0.25) is 4.79 Å². The number of carbonyl (C=O) groups is 1. The van der Waals surface area contributed by atoms with Crippen LogP contribution in [-0.2, 0) is 22.6 Å². The van der Waals surface area contributed by atoms with E-state index in [0.29, 0.717) is 19.6 Å². The Bertz CT molecular complexity index is 1200. The van der Waals surface area contributed by atoms with E-state index >= 15 is 0 Å². The van der Waals surface area contributed by atoms with Crippen LogP contribution >= 0.6 is 0 Å². The Morgan fingerprint density at radius 2 is 1.73 bits per heavy atom. The van der Waals surface area contributed by atoms with Crippen LogP contribution in [0.25, 0.3) is 11.1 Å². The predicted octanol–water partition coefficient (Wildman–Crippen LogP) is 6.40. The summed E-state index contributed by atoms with van der Waals surface area (Å²) in [4.78, 5) is 11.3. The molecule has 196 valence electrons. The highest BCUT2D eigenvalue weighted by atomic mass is 19.1. The summed E-state index contributed by atoms with van der Waals surface area (Å²) >= 11 is 0. The first-order valence-electron chi connectivity index (χ1n) is 13.0. The summed E-state index contributed by atoms with van der Waals surface area (Å²) in [6.45, 7) is 4.62. The van der Waals surface area contributed by atoms with Crippen LogP contribution in [0.3, 0.4) is 0 Å². The lowest BCUT2D eigenvalue weighted by Gasteiger charge is -2.29. The van der Waals surface area contributed by atoms with E-state index in [9.17, 15) is 9.18 Å². The van der Waals surface area contributed by atoms with Gasteiger partial charge in [0.1, 0.15) is 17.3 Å². The molecule has 0 saturated heterocycles. The van der Waals surface area contributed by atoms with Crippen LogP contribution in [0.15, 0.2) is 60.7 Å². The second-order valence-corrected chi connectivity index (χ2v) is 9.71. The normalized spacial score (nSPS) is 17.3. The molecule has 1 saturated carbocycles. The van der Waals surface area contributed by atoms with E-state index in [-0.39, 0.29) is 23.9 Å². The van der Waals surface area contributed by atoms with E-state index in [0.717, 1.165) is 59.4 Å². The fraction of sp³-hybridized carbons (Fsp3) is 0.387. The summed E-state index contributed by atoms with van der Waals surface area (Å²) < 4.78 is 32.0. The molecule has 1 amide bonds. The molecule has 0 radical (unpaired) electrons. The van der Waals surface area contributed by atoms with Gasteiger partial charge in [-0.1, -0.05) is 30.3 Å². The Kier molecular flexibility index (Phi) is 9.18. The number of carbonyl (C=O) groups excluding carboxylic acids is 1. The van der Waals surface area contributed by atoms with Crippen molar-refractivity contribution in [3.8, 4) is 22.6 Å². The van der Waals surface area contributed by atoms with Crippen LogP contribution in [0.2, 0.25) is 0 Å². The van der Waals surface area contributed by atoms with Crippen LogP contribution in [0, 0.1) is 12.7 Å². The van der Waals surface area contributed by atoms with Crippen LogP contribution in [0.4, 0.5) is 4.39 Å². The zero-order chi connectivity index (χ0) is 26.2. The molecule has 5 nitrogen and oxygen atoms in total. The Hall–Kier alpha value is -3.38. The molecule has 0 unspecified atom stereocenters. The van der Waals surface area contributed by atoms with Crippen molar-refractivity contribution in [2.24, 2.45) is 0 Å². The zero-order valence-corrected chi connectivity index (χ0v) is 21.9. The third-order valence-corrected chi connectivity index (χ3v) is 6.83. The first-order chi connectivity index (χ1) is 17.9. The average Bonchev–Trinajstić information content (AvgIpc) is 2.89. The van der Waals surface area contributed by atoms with Gasteiger partial charge < -0.3 is 19.5 Å². The molecule has 1 aliphatic rings. The lowest BCUT2D eigenvalue weighted by Crippen LogP contribution is -2.28. The number of hydrogen-bond acceptors (Lipinski definition) is 4. The van der Waals surface area contributed by atoms with Gasteiger partial charge in [-0.2, -0.15) is 0 Å². The van der Waals surface area contributed by atoms with Crippen molar-refractivity contribution in [1.29, 1.82) is 0 Å². The number of methoxy groups -OCH3 is 1. The van der Waals surface area contributed by atoms with Crippen molar-refractivity contribution in [3.05, 3.63) is 83.2 Å². The molecule has 0 bridgehead atoms. The highest BCUT2D eigenvalue weighted by Gasteiger charge is 2.24. The van der Waals surface area contributed by atoms with E-state index in [4.69, 9.17) is 14.2 Å². The van der Waals surface area contributed by atoms with Gasteiger partial charge in [0.15, 0.2) is 0 Å². The van der Waals surface area contributed by atoms with E-state index in [2.05, 4.69) is 24.4 Å². The molecule has 0 atom stereocenters. The summed E-state index contributed by atoms with van der Waals surface area (Å²) in [7, 11) is 1.69. The largest absolute Gasteiger partial charge is 0.496 e. The van der Waals surface area contributed by atoms with E-state index in [1.165, 1.54) is 24.6 Å². The molecule has 6 heteroatoms.